The predicted octanol–water partition coefficient (Wildman–Crippen LogP) is 4.27. The van der Waals surface area contributed by atoms with Crippen molar-refractivity contribution in [1.82, 2.24) is 14.5 Å². The molecule has 0 aliphatic carbocycles. The zero-order valence-electron chi connectivity index (χ0n) is 15.1. The molecular weight excluding hydrogens is 310 g/mol. The van der Waals surface area contributed by atoms with Gasteiger partial charge >= 0.3 is 0 Å². The number of aromatic nitrogens is 3. The Bertz CT molecular complexity index is 804. The van der Waals surface area contributed by atoms with Gasteiger partial charge in [-0.3, -0.25) is 4.98 Å². The zero-order valence-corrected chi connectivity index (χ0v) is 15.1. The number of benzene rings is 1. The maximum Gasteiger partial charge on any atom is 0.0984 e. The monoisotopic (exact) mass is 335 g/mol. The van der Waals surface area contributed by atoms with Gasteiger partial charge in [0.15, 0.2) is 0 Å². The Balaban J connectivity index is 1.95. The second-order valence-corrected chi connectivity index (χ2v) is 7.60. The molecule has 0 fully saturated rings. The molecule has 4 heteroatoms. The summed E-state index contributed by atoms with van der Waals surface area (Å²) in [6, 6.07) is 14.0. The van der Waals surface area contributed by atoms with Crippen molar-refractivity contribution < 1.29 is 5.11 Å². The Labute approximate surface area is 149 Å². The SMILES string of the molecule is CC(C)(C)Cc1c(-c2ccccc2)ncn1CC(O)c1cccnc1. The van der Waals surface area contributed by atoms with Crippen molar-refractivity contribution in [3.8, 4) is 11.3 Å². The first-order valence-corrected chi connectivity index (χ1v) is 8.61. The molecule has 130 valence electrons. The highest BCUT2D eigenvalue weighted by Gasteiger charge is 2.21. The van der Waals surface area contributed by atoms with E-state index < -0.39 is 6.10 Å². The summed E-state index contributed by atoms with van der Waals surface area (Å²) in [4.78, 5) is 8.75. The van der Waals surface area contributed by atoms with E-state index in [9.17, 15) is 5.11 Å². The second kappa shape index (κ2) is 7.19. The van der Waals surface area contributed by atoms with Crippen LogP contribution < -0.4 is 0 Å². The van der Waals surface area contributed by atoms with E-state index in [1.165, 1.54) is 0 Å². The lowest BCUT2D eigenvalue weighted by atomic mass is 9.89. The van der Waals surface area contributed by atoms with Gasteiger partial charge in [-0.25, -0.2) is 4.98 Å². The van der Waals surface area contributed by atoms with Gasteiger partial charge in [0.25, 0.3) is 0 Å². The van der Waals surface area contributed by atoms with Gasteiger partial charge in [0.1, 0.15) is 0 Å². The molecule has 2 heterocycles. The maximum absolute atomic E-state index is 10.6. The largest absolute Gasteiger partial charge is 0.386 e. The molecule has 3 rings (SSSR count). The molecule has 0 aliphatic rings. The molecule has 0 saturated heterocycles. The van der Waals surface area contributed by atoms with Crippen molar-refractivity contribution >= 4 is 0 Å². The summed E-state index contributed by atoms with van der Waals surface area (Å²) < 4.78 is 2.07. The van der Waals surface area contributed by atoms with Crippen molar-refractivity contribution in [2.24, 2.45) is 5.41 Å². The molecule has 1 N–H and O–H groups in total. The minimum atomic E-state index is -0.606. The Kier molecular flexibility index (Phi) is 5.00. The average molecular weight is 335 g/mol. The number of nitrogens with zero attached hydrogens (tertiary/aromatic N) is 3. The summed E-state index contributed by atoms with van der Waals surface area (Å²) in [6.07, 6.45) is 5.54. The first kappa shape index (κ1) is 17.4. The van der Waals surface area contributed by atoms with Gasteiger partial charge in [0.05, 0.1) is 24.7 Å². The highest BCUT2D eigenvalue weighted by atomic mass is 16.3. The highest BCUT2D eigenvalue weighted by molar-refractivity contribution is 5.62. The van der Waals surface area contributed by atoms with Gasteiger partial charge in [0, 0.05) is 29.2 Å². The summed E-state index contributed by atoms with van der Waals surface area (Å²) in [5.74, 6) is 0. The third-order valence-electron chi connectivity index (χ3n) is 4.13. The van der Waals surface area contributed by atoms with Gasteiger partial charge in [-0.2, -0.15) is 0 Å². The Morgan fingerprint density at radius 1 is 1.08 bits per heavy atom. The molecule has 2 aromatic heterocycles. The molecule has 1 unspecified atom stereocenters. The Morgan fingerprint density at radius 2 is 1.84 bits per heavy atom. The lowest BCUT2D eigenvalue weighted by molar-refractivity contribution is 0.154. The molecule has 0 spiro atoms. The Hall–Kier alpha value is -2.46. The number of aliphatic hydroxyl groups is 1. The van der Waals surface area contributed by atoms with Crippen LogP contribution in [0.3, 0.4) is 0 Å². The molecule has 0 aliphatic heterocycles. The van der Waals surface area contributed by atoms with Gasteiger partial charge in [-0.05, 0) is 17.9 Å². The van der Waals surface area contributed by atoms with E-state index in [1.54, 1.807) is 12.4 Å². The number of pyridine rings is 1. The molecular formula is C21H25N3O. The number of aliphatic hydroxyl groups excluding tert-OH is 1. The normalized spacial score (nSPS) is 13.0. The van der Waals surface area contributed by atoms with Crippen LogP contribution in [0.2, 0.25) is 0 Å². The van der Waals surface area contributed by atoms with Crippen LogP contribution in [0.15, 0.2) is 61.2 Å². The van der Waals surface area contributed by atoms with Gasteiger partial charge < -0.3 is 9.67 Å². The van der Waals surface area contributed by atoms with Gasteiger partial charge in [0.2, 0.25) is 0 Å². The smallest absolute Gasteiger partial charge is 0.0984 e. The molecule has 1 atom stereocenters. The number of imidazole rings is 1. The predicted molar refractivity (Wildman–Crippen MR) is 100 cm³/mol. The molecule has 25 heavy (non-hydrogen) atoms. The summed E-state index contributed by atoms with van der Waals surface area (Å²) in [5, 5.41) is 10.6. The third-order valence-corrected chi connectivity index (χ3v) is 4.13. The molecule has 3 aromatic rings. The van der Waals surface area contributed by atoms with Crippen LogP contribution in [0.4, 0.5) is 0 Å². The summed E-state index contributed by atoms with van der Waals surface area (Å²) >= 11 is 0. The van der Waals surface area contributed by atoms with Crippen molar-refractivity contribution in [2.45, 2.75) is 39.8 Å². The summed E-state index contributed by atoms with van der Waals surface area (Å²) in [7, 11) is 0. The summed E-state index contributed by atoms with van der Waals surface area (Å²) in [5.41, 5.74) is 4.20. The number of hydrogen-bond donors (Lipinski definition) is 1. The van der Waals surface area contributed by atoms with E-state index in [1.807, 2.05) is 36.7 Å². The molecule has 0 amide bonds. The Morgan fingerprint density at radius 3 is 2.48 bits per heavy atom. The summed E-state index contributed by atoms with van der Waals surface area (Å²) in [6.45, 7) is 7.13. The zero-order chi connectivity index (χ0) is 17.9. The van der Waals surface area contributed by atoms with Gasteiger partial charge in [-0.1, -0.05) is 57.2 Å². The second-order valence-electron chi connectivity index (χ2n) is 7.60. The fourth-order valence-corrected chi connectivity index (χ4v) is 2.95. The molecule has 1 aromatic carbocycles. The van der Waals surface area contributed by atoms with Crippen LogP contribution in [0, 0.1) is 5.41 Å². The van der Waals surface area contributed by atoms with Crippen LogP contribution in [-0.2, 0) is 13.0 Å². The van der Waals surface area contributed by atoms with E-state index in [-0.39, 0.29) is 5.41 Å². The average Bonchev–Trinajstić information content (AvgIpc) is 2.97. The van der Waals surface area contributed by atoms with Crippen molar-refractivity contribution in [1.29, 1.82) is 0 Å². The molecule has 0 bridgehead atoms. The standard InChI is InChI=1S/C21H25N3O/c1-21(2,3)12-18-20(16-8-5-4-6-9-16)23-15-24(18)14-19(25)17-10-7-11-22-13-17/h4-11,13,15,19,25H,12,14H2,1-3H3. The quantitative estimate of drug-likeness (QED) is 0.757. The third kappa shape index (κ3) is 4.34. The lowest BCUT2D eigenvalue weighted by Gasteiger charge is -2.21. The van der Waals surface area contributed by atoms with E-state index in [4.69, 9.17) is 0 Å². The van der Waals surface area contributed by atoms with Crippen molar-refractivity contribution in [3.63, 3.8) is 0 Å². The van der Waals surface area contributed by atoms with Crippen LogP contribution >= 0.6 is 0 Å². The van der Waals surface area contributed by atoms with Crippen LogP contribution in [-0.4, -0.2) is 19.6 Å². The van der Waals surface area contributed by atoms with E-state index in [0.29, 0.717) is 6.54 Å². The molecule has 0 saturated carbocycles. The van der Waals surface area contributed by atoms with Crippen molar-refractivity contribution in [3.05, 3.63) is 72.4 Å². The number of rotatable bonds is 5. The van der Waals surface area contributed by atoms with Crippen LogP contribution in [0.1, 0.15) is 38.1 Å². The first-order chi connectivity index (χ1) is 11.9. The van der Waals surface area contributed by atoms with Crippen molar-refractivity contribution in [2.75, 3.05) is 0 Å². The van der Waals surface area contributed by atoms with E-state index in [2.05, 4.69) is 47.4 Å². The maximum atomic E-state index is 10.6. The minimum Gasteiger partial charge on any atom is -0.386 e. The van der Waals surface area contributed by atoms with Crippen LogP contribution in [0.5, 0.6) is 0 Å². The highest BCUT2D eigenvalue weighted by Crippen LogP contribution is 2.29. The van der Waals surface area contributed by atoms with E-state index >= 15 is 0 Å². The van der Waals surface area contributed by atoms with Crippen LogP contribution in [0.25, 0.3) is 11.3 Å². The minimum absolute atomic E-state index is 0.126. The van der Waals surface area contributed by atoms with Gasteiger partial charge in [-0.15, -0.1) is 0 Å². The fraction of sp³-hybridized carbons (Fsp3) is 0.333. The fourth-order valence-electron chi connectivity index (χ4n) is 2.95. The first-order valence-electron chi connectivity index (χ1n) is 8.61. The number of hydrogen-bond acceptors (Lipinski definition) is 3. The topological polar surface area (TPSA) is 50.9 Å². The lowest BCUT2D eigenvalue weighted by Crippen LogP contribution is -2.16. The molecule has 0 radical (unpaired) electrons. The molecule has 4 nitrogen and oxygen atoms in total. The van der Waals surface area contributed by atoms with E-state index in [0.717, 1.165) is 28.9 Å².